The molecule has 2 heterocycles. The van der Waals surface area contributed by atoms with Crippen molar-refractivity contribution >= 4 is 17.3 Å². The van der Waals surface area contributed by atoms with Crippen molar-refractivity contribution in [3.8, 4) is 11.5 Å². The number of nitrogens with zero attached hydrogens (tertiary/aromatic N) is 4. The highest BCUT2D eigenvalue weighted by Crippen LogP contribution is 2.38. The Labute approximate surface area is 90.4 Å². The summed E-state index contributed by atoms with van der Waals surface area (Å²) in [6.45, 7) is 0. The van der Waals surface area contributed by atoms with E-state index in [4.69, 9.17) is 5.73 Å². The van der Waals surface area contributed by atoms with Gasteiger partial charge < -0.3 is 5.73 Å². The van der Waals surface area contributed by atoms with Crippen LogP contribution < -0.4 is 5.73 Å². The van der Waals surface area contributed by atoms with Crippen molar-refractivity contribution in [1.29, 1.82) is 0 Å². The van der Waals surface area contributed by atoms with Crippen molar-refractivity contribution in [2.24, 2.45) is 0 Å². The quantitative estimate of drug-likeness (QED) is 0.827. The molecule has 1 saturated carbocycles. The van der Waals surface area contributed by atoms with E-state index in [9.17, 15) is 0 Å². The molecule has 0 amide bonds. The van der Waals surface area contributed by atoms with Crippen LogP contribution >= 0.6 is 11.3 Å². The second-order valence-electron chi connectivity index (χ2n) is 3.52. The van der Waals surface area contributed by atoms with Crippen LogP contribution in [-0.4, -0.2) is 19.9 Å². The lowest BCUT2D eigenvalue weighted by atomic mass is 10.4. The van der Waals surface area contributed by atoms with E-state index in [0.29, 0.717) is 11.7 Å². The molecule has 2 N–H and O–H groups in total. The molecule has 1 aliphatic carbocycles. The molecule has 76 valence electrons. The number of hydrogen-bond acceptors (Lipinski definition) is 6. The number of hydrogen-bond donors (Lipinski definition) is 1. The summed E-state index contributed by atoms with van der Waals surface area (Å²) < 4.78 is 0. The zero-order chi connectivity index (χ0) is 10.3. The number of nitrogen functional groups attached to an aromatic ring is 1. The molecule has 0 bridgehead atoms. The van der Waals surface area contributed by atoms with Crippen LogP contribution in [0.4, 0.5) is 5.95 Å². The summed E-state index contributed by atoms with van der Waals surface area (Å²) in [6.07, 6.45) is 2.31. The van der Waals surface area contributed by atoms with Gasteiger partial charge in [0.25, 0.3) is 0 Å². The normalized spacial score (nSPS) is 15.5. The molecule has 0 aromatic carbocycles. The van der Waals surface area contributed by atoms with E-state index in [2.05, 4.69) is 19.9 Å². The monoisotopic (exact) mass is 219 g/mol. The Morgan fingerprint density at radius 1 is 1.27 bits per heavy atom. The van der Waals surface area contributed by atoms with Crippen LogP contribution in [0, 0.1) is 0 Å². The van der Waals surface area contributed by atoms with Crippen LogP contribution in [0.2, 0.25) is 0 Å². The van der Waals surface area contributed by atoms with E-state index in [1.807, 2.05) is 5.38 Å². The van der Waals surface area contributed by atoms with Gasteiger partial charge in [0.05, 0.1) is 5.51 Å². The van der Waals surface area contributed by atoms with E-state index in [1.165, 1.54) is 11.3 Å². The average molecular weight is 219 g/mol. The van der Waals surface area contributed by atoms with Crippen molar-refractivity contribution in [3.05, 3.63) is 16.7 Å². The maximum Gasteiger partial charge on any atom is 0.223 e. The molecule has 0 radical (unpaired) electrons. The van der Waals surface area contributed by atoms with Crippen molar-refractivity contribution in [3.63, 3.8) is 0 Å². The first-order valence-corrected chi connectivity index (χ1v) is 5.67. The molecule has 0 saturated heterocycles. The second-order valence-corrected chi connectivity index (χ2v) is 4.24. The van der Waals surface area contributed by atoms with Crippen molar-refractivity contribution in [1.82, 2.24) is 19.9 Å². The van der Waals surface area contributed by atoms with Gasteiger partial charge in [0, 0.05) is 11.3 Å². The molecular formula is C9H9N5S. The number of thiazole rings is 1. The van der Waals surface area contributed by atoms with Gasteiger partial charge in [-0.25, -0.2) is 9.97 Å². The van der Waals surface area contributed by atoms with Gasteiger partial charge in [-0.3, -0.25) is 0 Å². The largest absolute Gasteiger partial charge is 0.368 e. The van der Waals surface area contributed by atoms with E-state index in [1.54, 1.807) is 5.51 Å². The van der Waals surface area contributed by atoms with Gasteiger partial charge in [0.2, 0.25) is 5.95 Å². The fourth-order valence-corrected chi connectivity index (χ4v) is 1.90. The van der Waals surface area contributed by atoms with Crippen LogP contribution in [0.15, 0.2) is 10.9 Å². The topological polar surface area (TPSA) is 77.6 Å². The third-order valence-electron chi connectivity index (χ3n) is 2.27. The Balaban J connectivity index is 2.07. The number of anilines is 1. The van der Waals surface area contributed by atoms with Crippen LogP contribution in [-0.2, 0) is 0 Å². The summed E-state index contributed by atoms with van der Waals surface area (Å²) in [5.74, 6) is 2.17. The van der Waals surface area contributed by atoms with Crippen molar-refractivity contribution in [2.75, 3.05) is 5.73 Å². The molecule has 15 heavy (non-hydrogen) atoms. The molecule has 3 rings (SSSR count). The van der Waals surface area contributed by atoms with E-state index in [0.717, 1.165) is 24.4 Å². The molecule has 1 aliphatic rings. The Bertz CT molecular complexity index is 477. The second kappa shape index (κ2) is 3.23. The first kappa shape index (κ1) is 8.72. The molecule has 2 aromatic rings. The average Bonchev–Trinajstić information content (AvgIpc) is 2.93. The Kier molecular flexibility index (Phi) is 1.88. The molecule has 0 spiro atoms. The van der Waals surface area contributed by atoms with Crippen molar-refractivity contribution < 1.29 is 0 Å². The zero-order valence-electron chi connectivity index (χ0n) is 7.92. The summed E-state index contributed by atoms with van der Waals surface area (Å²) >= 11 is 1.52. The van der Waals surface area contributed by atoms with Gasteiger partial charge in [-0.1, -0.05) is 0 Å². The van der Waals surface area contributed by atoms with E-state index >= 15 is 0 Å². The highest BCUT2D eigenvalue weighted by molar-refractivity contribution is 7.07. The summed E-state index contributed by atoms with van der Waals surface area (Å²) in [5, 5.41) is 1.91. The molecule has 0 aliphatic heterocycles. The van der Waals surface area contributed by atoms with Gasteiger partial charge in [0.1, 0.15) is 11.5 Å². The van der Waals surface area contributed by atoms with Crippen LogP contribution in [0.25, 0.3) is 11.5 Å². The van der Waals surface area contributed by atoms with Gasteiger partial charge in [0.15, 0.2) is 5.82 Å². The zero-order valence-corrected chi connectivity index (χ0v) is 8.74. The van der Waals surface area contributed by atoms with Crippen molar-refractivity contribution in [2.45, 2.75) is 18.8 Å². The van der Waals surface area contributed by atoms with E-state index in [-0.39, 0.29) is 5.95 Å². The summed E-state index contributed by atoms with van der Waals surface area (Å²) in [7, 11) is 0. The van der Waals surface area contributed by atoms with Gasteiger partial charge in [-0.2, -0.15) is 9.97 Å². The molecule has 0 unspecified atom stereocenters. The summed E-state index contributed by atoms with van der Waals surface area (Å²) in [4.78, 5) is 16.8. The summed E-state index contributed by atoms with van der Waals surface area (Å²) in [6, 6.07) is 0. The minimum absolute atomic E-state index is 0.287. The Hall–Kier alpha value is -1.56. The number of nitrogens with two attached hydrogens (primary N) is 1. The first-order chi connectivity index (χ1) is 7.33. The molecular weight excluding hydrogens is 210 g/mol. The number of aromatic nitrogens is 4. The highest BCUT2D eigenvalue weighted by atomic mass is 32.1. The standard InChI is InChI=1S/C9H9N5S/c10-9-13-7(5-1-2-5)12-8(14-9)6-3-15-4-11-6/h3-5H,1-2H2,(H2,10,12,13,14). The predicted molar refractivity (Wildman–Crippen MR) is 57.3 cm³/mol. The lowest BCUT2D eigenvalue weighted by molar-refractivity contribution is 0.899. The smallest absolute Gasteiger partial charge is 0.223 e. The fraction of sp³-hybridized carbons (Fsp3) is 0.333. The molecule has 1 fully saturated rings. The molecule has 6 heteroatoms. The lowest BCUT2D eigenvalue weighted by Crippen LogP contribution is -2.04. The maximum absolute atomic E-state index is 5.64. The minimum Gasteiger partial charge on any atom is -0.368 e. The SMILES string of the molecule is Nc1nc(-c2cscn2)nc(C2CC2)n1. The Morgan fingerprint density at radius 2 is 2.13 bits per heavy atom. The highest BCUT2D eigenvalue weighted by Gasteiger charge is 2.27. The predicted octanol–water partition coefficient (Wildman–Crippen LogP) is 1.45. The van der Waals surface area contributed by atoms with Crippen LogP contribution in [0.3, 0.4) is 0 Å². The molecule has 2 aromatic heterocycles. The molecule has 0 atom stereocenters. The molecule has 5 nitrogen and oxygen atoms in total. The van der Waals surface area contributed by atoms with Gasteiger partial charge in [-0.05, 0) is 12.8 Å². The van der Waals surface area contributed by atoms with E-state index < -0.39 is 0 Å². The minimum atomic E-state index is 0.287. The van der Waals surface area contributed by atoms with Crippen LogP contribution in [0.5, 0.6) is 0 Å². The third kappa shape index (κ3) is 1.68. The first-order valence-electron chi connectivity index (χ1n) is 4.73. The third-order valence-corrected chi connectivity index (χ3v) is 2.86. The Morgan fingerprint density at radius 3 is 2.80 bits per heavy atom. The van der Waals surface area contributed by atoms with Gasteiger partial charge in [-0.15, -0.1) is 11.3 Å². The number of rotatable bonds is 2. The maximum atomic E-state index is 5.64. The summed E-state index contributed by atoms with van der Waals surface area (Å²) in [5.41, 5.74) is 8.17. The van der Waals surface area contributed by atoms with Gasteiger partial charge >= 0.3 is 0 Å². The fourth-order valence-electron chi connectivity index (χ4n) is 1.37. The van der Waals surface area contributed by atoms with Crippen LogP contribution in [0.1, 0.15) is 24.6 Å². The lowest BCUT2D eigenvalue weighted by Gasteiger charge is -2.01.